The molecule has 1 aliphatic rings. The molecule has 1 heterocycles. The molecule has 0 N–H and O–H groups in total. The van der Waals surface area contributed by atoms with Crippen molar-refractivity contribution in [2.45, 2.75) is 12.6 Å². The van der Waals surface area contributed by atoms with Gasteiger partial charge in [0.1, 0.15) is 10.1 Å². The van der Waals surface area contributed by atoms with Crippen LogP contribution in [0.2, 0.25) is 0 Å². The van der Waals surface area contributed by atoms with Gasteiger partial charge in [0.2, 0.25) is 5.72 Å². The minimum absolute atomic E-state index is 0.562. The van der Waals surface area contributed by atoms with Crippen molar-refractivity contribution in [1.29, 1.82) is 0 Å². The van der Waals surface area contributed by atoms with E-state index in [9.17, 15) is 0 Å². The van der Waals surface area contributed by atoms with E-state index >= 15 is 0 Å². The molecule has 0 aliphatic carbocycles. The molecule has 6 heteroatoms. The van der Waals surface area contributed by atoms with Crippen LogP contribution in [0.1, 0.15) is 6.92 Å². The summed E-state index contributed by atoms with van der Waals surface area (Å²) in [5.74, 6) is 0. The number of thioether (sulfide) groups is 2. The predicted octanol–water partition coefficient (Wildman–Crippen LogP) is 1.73. The van der Waals surface area contributed by atoms with Crippen LogP contribution in [0.15, 0.2) is 10.2 Å². The summed E-state index contributed by atoms with van der Waals surface area (Å²) < 4.78 is 5.88. The van der Waals surface area contributed by atoms with Crippen LogP contribution in [0.25, 0.3) is 0 Å². The van der Waals surface area contributed by atoms with Gasteiger partial charge in [-0.3, -0.25) is 4.90 Å². The smallest absolute Gasteiger partial charge is 0.223 e. The Morgan fingerprint density at radius 1 is 1.20 bits per heavy atom. The highest BCUT2D eigenvalue weighted by atomic mass is 32.2. The molecule has 1 rings (SSSR count). The highest BCUT2D eigenvalue weighted by Gasteiger charge is 2.47. The number of nitrogens with zero attached hydrogens (tertiary/aromatic N) is 3. The fourth-order valence-electron chi connectivity index (χ4n) is 1.52. The third-order valence-corrected chi connectivity index (χ3v) is 3.67. The van der Waals surface area contributed by atoms with Crippen molar-refractivity contribution in [3.05, 3.63) is 0 Å². The van der Waals surface area contributed by atoms with Crippen molar-refractivity contribution in [3.63, 3.8) is 0 Å². The Balaban J connectivity index is 3.09. The van der Waals surface area contributed by atoms with Crippen molar-refractivity contribution < 1.29 is 4.74 Å². The van der Waals surface area contributed by atoms with Crippen LogP contribution in [0.5, 0.6) is 0 Å². The number of ether oxygens (including phenoxy) is 1. The molecule has 0 aromatic rings. The average Bonchev–Trinajstić information content (AvgIpc) is 2.57. The molecular formula is C9H17N3OS2. The van der Waals surface area contributed by atoms with E-state index in [1.54, 1.807) is 23.5 Å². The van der Waals surface area contributed by atoms with Gasteiger partial charge in [-0.2, -0.15) is 0 Å². The van der Waals surface area contributed by atoms with Gasteiger partial charge in [-0.1, -0.05) is 0 Å². The van der Waals surface area contributed by atoms with Crippen LogP contribution in [0, 0.1) is 0 Å². The van der Waals surface area contributed by atoms with Crippen molar-refractivity contribution >= 4 is 33.6 Å². The molecule has 0 fully saturated rings. The van der Waals surface area contributed by atoms with Gasteiger partial charge in [-0.05, 0) is 33.5 Å². The second-order valence-corrected chi connectivity index (χ2v) is 4.78. The third-order valence-electron chi connectivity index (χ3n) is 2.18. The molecule has 0 amide bonds. The van der Waals surface area contributed by atoms with Crippen molar-refractivity contribution in [1.82, 2.24) is 4.90 Å². The van der Waals surface area contributed by atoms with Gasteiger partial charge in [-0.15, -0.1) is 33.7 Å². The molecule has 0 aromatic heterocycles. The van der Waals surface area contributed by atoms with Crippen LogP contribution in [-0.2, 0) is 4.74 Å². The first kappa shape index (κ1) is 13.0. The zero-order valence-electron chi connectivity index (χ0n) is 9.77. The fraction of sp³-hybridized carbons (Fsp3) is 0.778. The summed E-state index contributed by atoms with van der Waals surface area (Å²) in [5, 5.41) is 10.2. The maximum absolute atomic E-state index is 5.88. The van der Waals surface area contributed by atoms with Gasteiger partial charge in [0.25, 0.3) is 0 Å². The first-order chi connectivity index (χ1) is 7.13. The van der Waals surface area contributed by atoms with Crippen molar-refractivity contribution in [2.24, 2.45) is 10.2 Å². The van der Waals surface area contributed by atoms with Crippen LogP contribution in [-0.4, -0.2) is 53.9 Å². The minimum Gasteiger partial charge on any atom is -0.348 e. The molecule has 0 saturated carbocycles. The molecule has 15 heavy (non-hydrogen) atoms. The summed E-state index contributed by atoms with van der Waals surface area (Å²) in [6.07, 6.45) is 3.99. The minimum atomic E-state index is -0.562. The molecule has 0 spiro atoms. The molecule has 0 saturated heterocycles. The second-order valence-electron chi connectivity index (χ2n) is 3.19. The Kier molecular flexibility index (Phi) is 4.64. The van der Waals surface area contributed by atoms with E-state index in [-0.39, 0.29) is 0 Å². The van der Waals surface area contributed by atoms with Gasteiger partial charge >= 0.3 is 0 Å². The Morgan fingerprint density at radius 3 is 1.93 bits per heavy atom. The molecular weight excluding hydrogens is 230 g/mol. The van der Waals surface area contributed by atoms with E-state index in [1.165, 1.54) is 0 Å². The molecule has 0 aromatic carbocycles. The van der Waals surface area contributed by atoms with Gasteiger partial charge in [0.15, 0.2) is 0 Å². The SMILES string of the molecule is CCOC1(N(C)C)C(SC)=NN=C1SC. The highest BCUT2D eigenvalue weighted by Crippen LogP contribution is 2.33. The van der Waals surface area contributed by atoms with Crippen molar-refractivity contribution in [2.75, 3.05) is 33.2 Å². The van der Waals surface area contributed by atoms with Crippen LogP contribution < -0.4 is 0 Å². The molecule has 0 radical (unpaired) electrons. The monoisotopic (exact) mass is 247 g/mol. The second kappa shape index (κ2) is 5.34. The first-order valence-electron chi connectivity index (χ1n) is 4.69. The third kappa shape index (κ3) is 2.08. The normalized spacial score (nSPS) is 19.3. The summed E-state index contributed by atoms with van der Waals surface area (Å²) in [4.78, 5) is 2.02. The fourth-order valence-corrected chi connectivity index (χ4v) is 3.06. The lowest BCUT2D eigenvalue weighted by atomic mass is 10.2. The van der Waals surface area contributed by atoms with E-state index in [0.29, 0.717) is 6.61 Å². The summed E-state index contributed by atoms with van der Waals surface area (Å²) in [6, 6.07) is 0. The van der Waals surface area contributed by atoms with E-state index in [4.69, 9.17) is 4.74 Å². The zero-order valence-corrected chi connectivity index (χ0v) is 11.4. The molecule has 4 nitrogen and oxygen atoms in total. The molecule has 0 unspecified atom stereocenters. The van der Waals surface area contributed by atoms with Gasteiger partial charge < -0.3 is 4.74 Å². The van der Waals surface area contributed by atoms with E-state index in [1.807, 2.05) is 38.4 Å². The van der Waals surface area contributed by atoms with E-state index in [2.05, 4.69) is 10.2 Å². The molecule has 0 atom stereocenters. The van der Waals surface area contributed by atoms with E-state index < -0.39 is 5.72 Å². The Bertz CT molecular complexity index is 269. The average molecular weight is 247 g/mol. The van der Waals surface area contributed by atoms with Gasteiger partial charge in [-0.25, -0.2) is 0 Å². The summed E-state index contributed by atoms with van der Waals surface area (Å²) in [7, 11) is 3.97. The maximum atomic E-state index is 5.88. The van der Waals surface area contributed by atoms with E-state index in [0.717, 1.165) is 10.1 Å². The summed E-state index contributed by atoms with van der Waals surface area (Å²) in [5.41, 5.74) is -0.562. The number of hydrogen-bond acceptors (Lipinski definition) is 6. The summed E-state index contributed by atoms with van der Waals surface area (Å²) >= 11 is 3.16. The summed E-state index contributed by atoms with van der Waals surface area (Å²) in [6.45, 7) is 2.62. The van der Waals surface area contributed by atoms with Crippen molar-refractivity contribution in [3.8, 4) is 0 Å². The first-order valence-corrected chi connectivity index (χ1v) is 7.14. The Morgan fingerprint density at radius 2 is 1.67 bits per heavy atom. The predicted molar refractivity (Wildman–Crippen MR) is 69.9 cm³/mol. The molecule has 1 aliphatic heterocycles. The Hall–Kier alpha value is -0.0400. The highest BCUT2D eigenvalue weighted by molar-refractivity contribution is 8.16. The lowest BCUT2D eigenvalue weighted by Gasteiger charge is -2.36. The van der Waals surface area contributed by atoms with Gasteiger partial charge in [0.05, 0.1) is 0 Å². The largest absolute Gasteiger partial charge is 0.348 e. The Labute approximate surface area is 99.5 Å². The number of rotatable bonds is 3. The number of hydrogen-bond donors (Lipinski definition) is 0. The molecule has 0 bridgehead atoms. The van der Waals surface area contributed by atoms with Crippen LogP contribution in [0.3, 0.4) is 0 Å². The lowest BCUT2D eigenvalue weighted by Crippen LogP contribution is -2.55. The zero-order chi connectivity index (χ0) is 11.5. The quantitative estimate of drug-likeness (QED) is 0.712. The standard InChI is InChI=1S/C9H17N3OS2/c1-6-13-9(12(2)3)7(14-4)10-11-8(9)15-5/h6H2,1-5H3. The van der Waals surface area contributed by atoms with Crippen LogP contribution >= 0.6 is 23.5 Å². The topological polar surface area (TPSA) is 37.2 Å². The lowest BCUT2D eigenvalue weighted by molar-refractivity contribution is -0.0214. The maximum Gasteiger partial charge on any atom is 0.223 e. The molecule has 86 valence electrons. The van der Waals surface area contributed by atoms with Crippen LogP contribution in [0.4, 0.5) is 0 Å². The van der Waals surface area contributed by atoms with Gasteiger partial charge in [0, 0.05) is 6.61 Å².